The first-order valence-electron chi connectivity index (χ1n) is 15.8. The maximum absolute atomic E-state index is 13.4. The molecule has 3 saturated heterocycles. The maximum Gasteiger partial charge on any atom is 0.410 e. The molecule has 13 heteroatoms. The van der Waals surface area contributed by atoms with E-state index in [0.29, 0.717) is 25.9 Å². The monoisotopic (exact) mass is 651 g/mol. The molecule has 3 rings (SSSR count). The van der Waals surface area contributed by atoms with Crippen LogP contribution in [0.15, 0.2) is 0 Å². The predicted octanol–water partition coefficient (Wildman–Crippen LogP) is 6.74. The van der Waals surface area contributed by atoms with Crippen LogP contribution in [0.2, 0.25) is 0 Å². The molecule has 0 N–H and O–H groups in total. The number of alkyl halides is 3. The van der Waals surface area contributed by atoms with Crippen LogP contribution in [0.5, 0.6) is 0 Å². The van der Waals surface area contributed by atoms with Crippen molar-refractivity contribution in [3.63, 3.8) is 0 Å². The Labute approximate surface area is 267 Å². The molecule has 3 fully saturated rings. The SMILES string of the molecule is CC(C)(C)OC(=O)N1CCC(=O)C(F)C1.C[C@@H]1CCN(C(=O)OC(C)(C)C)C[C@@H]1F.C[C@H]1CCN(C(=O)OC(C)(C)C)C[C@@H]1F. The molecule has 3 aliphatic rings. The normalized spacial score (nSPS) is 26.0. The zero-order valence-electron chi connectivity index (χ0n) is 29.1. The number of halogens is 3. The van der Waals surface area contributed by atoms with Gasteiger partial charge in [0.05, 0.1) is 19.6 Å². The molecule has 0 aliphatic carbocycles. The Balaban J connectivity index is 0.000000337. The number of hydrogen-bond acceptors (Lipinski definition) is 7. The average Bonchev–Trinajstić information content (AvgIpc) is 2.86. The minimum atomic E-state index is -1.56. The van der Waals surface area contributed by atoms with E-state index in [4.69, 9.17) is 14.2 Å². The summed E-state index contributed by atoms with van der Waals surface area (Å²) in [6, 6.07) is 0. The van der Waals surface area contributed by atoms with Crippen molar-refractivity contribution in [2.24, 2.45) is 11.8 Å². The smallest absolute Gasteiger partial charge is 0.410 e. The molecule has 3 amide bonds. The molecule has 3 heterocycles. The van der Waals surface area contributed by atoms with Gasteiger partial charge in [-0.15, -0.1) is 0 Å². The lowest BCUT2D eigenvalue weighted by atomic mass is 9.98. The Bertz CT molecular complexity index is 944. The zero-order chi connectivity index (χ0) is 34.9. The molecule has 0 radical (unpaired) electrons. The number of hydrogen-bond donors (Lipinski definition) is 0. The van der Waals surface area contributed by atoms with Gasteiger partial charge >= 0.3 is 18.3 Å². The zero-order valence-corrected chi connectivity index (χ0v) is 29.1. The molecule has 5 atom stereocenters. The van der Waals surface area contributed by atoms with E-state index >= 15 is 0 Å². The Morgan fingerprint density at radius 2 is 0.911 bits per heavy atom. The van der Waals surface area contributed by atoms with Crippen LogP contribution >= 0.6 is 0 Å². The summed E-state index contributed by atoms with van der Waals surface area (Å²) in [6.07, 6.45) is -3.29. The van der Waals surface area contributed by atoms with Crippen LogP contribution < -0.4 is 0 Å². The van der Waals surface area contributed by atoms with E-state index < -0.39 is 59.4 Å². The second-order valence-corrected chi connectivity index (χ2v) is 15.0. The summed E-state index contributed by atoms with van der Waals surface area (Å²) in [5, 5.41) is 0. The molecule has 262 valence electrons. The number of ketones is 1. The predicted molar refractivity (Wildman–Crippen MR) is 165 cm³/mol. The van der Waals surface area contributed by atoms with Gasteiger partial charge in [-0.1, -0.05) is 13.8 Å². The van der Waals surface area contributed by atoms with E-state index in [1.165, 1.54) is 14.7 Å². The van der Waals surface area contributed by atoms with Crippen molar-refractivity contribution in [1.29, 1.82) is 0 Å². The van der Waals surface area contributed by atoms with E-state index in [0.717, 1.165) is 0 Å². The molecule has 1 unspecified atom stereocenters. The van der Waals surface area contributed by atoms with Crippen molar-refractivity contribution in [2.45, 2.75) is 131 Å². The molecule has 0 aromatic rings. The first kappa shape index (κ1) is 40.3. The van der Waals surface area contributed by atoms with E-state index in [1.54, 1.807) is 20.8 Å². The Kier molecular flexibility index (Phi) is 15.0. The number of piperidine rings is 3. The van der Waals surface area contributed by atoms with Gasteiger partial charge in [0.25, 0.3) is 0 Å². The molecule has 3 aliphatic heterocycles. The van der Waals surface area contributed by atoms with Crippen molar-refractivity contribution in [3.05, 3.63) is 0 Å². The standard InChI is InChI=1S/2C11H20FNO2.C10H16FNO3/c2*1-8-5-6-13(7-9(8)12)10(14)15-11(2,3)4;1-10(2,3)15-9(14)12-5-4-8(13)7(11)6-12/h2*8-9H,5-7H2,1-4H3;7H,4-6H2,1-3H3/t8-,9+;8-,9-;/m10./s1. The van der Waals surface area contributed by atoms with Gasteiger partial charge in [0, 0.05) is 26.1 Å². The second kappa shape index (κ2) is 16.7. The van der Waals surface area contributed by atoms with Gasteiger partial charge in [0.15, 0.2) is 12.0 Å². The number of carbonyl (C=O) groups excluding carboxylic acids is 4. The van der Waals surface area contributed by atoms with Crippen molar-refractivity contribution in [2.75, 3.05) is 39.3 Å². The highest BCUT2D eigenvalue weighted by molar-refractivity contribution is 5.85. The molecule has 0 spiro atoms. The Morgan fingerprint density at radius 3 is 1.18 bits per heavy atom. The molecule has 0 saturated carbocycles. The highest BCUT2D eigenvalue weighted by Gasteiger charge is 2.33. The summed E-state index contributed by atoms with van der Waals surface area (Å²) in [6.45, 7) is 21.4. The van der Waals surface area contributed by atoms with Gasteiger partial charge in [-0.25, -0.2) is 27.6 Å². The van der Waals surface area contributed by atoms with Crippen LogP contribution in [0.1, 0.15) is 95.4 Å². The number of ether oxygens (including phenoxy) is 3. The summed E-state index contributed by atoms with van der Waals surface area (Å²) in [5.74, 6) is -0.345. The van der Waals surface area contributed by atoms with Gasteiger partial charge in [0.1, 0.15) is 29.1 Å². The summed E-state index contributed by atoms with van der Waals surface area (Å²) in [7, 11) is 0. The third kappa shape index (κ3) is 15.9. The largest absolute Gasteiger partial charge is 0.444 e. The lowest BCUT2D eigenvalue weighted by Crippen LogP contribution is -2.47. The van der Waals surface area contributed by atoms with Crippen LogP contribution in [0.4, 0.5) is 27.6 Å². The average molecular weight is 652 g/mol. The summed E-state index contributed by atoms with van der Waals surface area (Å²) >= 11 is 0. The van der Waals surface area contributed by atoms with Crippen LogP contribution in [-0.2, 0) is 19.0 Å². The summed E-state index contributed by atoms with van der Waals surface area (Å²) in [5.41, 5.74) is -1.61. The molecule has 0 bridgehead atoms. The number of nitrogens with zero attached hydrogens (tertiary/aromatic N) is 3. The second-order valence-electron chi connectivity index (χ2n) is 15.0. The van der Waals surface area contributed by atoms with Crippen LogP contribution in [0.25, 0.3) is 0 Å². The first-order chi connectivity index (χ1) is 20.4. The quantitative estimate of drug-likeness (QED) is 0.267. The van der Waals surface area contributed by atoms with Crippen molar-refractivity contribution >= 4 is 24.1 Å². The molecule has 10 nitrogen and oxygen atoms in total. The fourth-order valence-corrected chi connectivity index (χ4v) is 4.31. The summed E-state index contributed by atoms with van der Waals surface area (Å²) in [4.78, 5) is 49.7. The molecule has 0 aromatic heterocycles. The van der Waals surface area contributed by atoms with Crippen LogP contribution in [-0.4, -0.2) is 113 Å². The van der Waals surface area contributed by atoms with Crippen molar-refractivity contribution in [3.8, 4) is 0 Å². The van der Waals surface area contributed by atoms with Gasteiger partial charge in [-0.3, -0.25) is 4.79 Å². The topological polar surface area (TPSA) is 106 Å². The third-order valence-electron chi connectivity index (χ3n) is 7.05. The van der Waals surface area contributed by atoms with E-state index in [9.17, 15) is 32.3 Å². The van der Waals surface area contributed by atoms with Crippen LogP contribution in [0.3, 0.4) is 0 Å². The highest BCUT2D eigenvalue weighted by atomic mass is 19.1. The first-order valence-corrected chi connectivity index (χ1v) is 15.8. The number of amides is 3. The van der Waals surface area contributed by atoms with E-state index in [2.05, 4.69) is 0 Å². The lowest BCUT2D eigenvalue weighted by Gasteiger charge is -2.34. The van der Waals surface area contributed by atoms with Crippen molar-refractivity contribution in [1.82, 2.24) is 14.7 Å². The maximum atomic E-state index is 13.4. The van der Waals surface area contributed by atoms with Crippen molar-refractivity contribution < 1.29 is 46.6 Å². The number of Topliss-reactive ketones (excluding diaryl/α,β-unsaturated/α-hetero) is 1. The fraction of sp³-hybridized carbons (Fsp3) is 0.875. The molecular formula is C32H56F3N3O7. The highest BCUT2D eigenvalue weighted by Crippen LogP contribution is 2.23. The minimum absolute atomic E-state index is 0.0451. The Hall–Kier alpha value is -2.73. The van der Waals surface area contributed by atoms with Crippen LogP contribution in [0, 0.1) is 11.8 Å². The van der Waals surface area contributed by atoms with Gasteiger partial charge in [-0.05, 0) is 87.0 Å². The third-order valence-corrected chi connectivity index (χ3v) is 7.05. The minimum Gasteiger partial charge on any atom is -0.444 e. The van der Waals surface area contributed by atoms with Gasteiger partial charge in [-0.2, -0.15) is 0 Å². The van der Waals surface area contributed by atoms with E-state index in [1.807, 2.05) is 55.4 Å². The molecule has 45 heavy (non-hydrogen) atoms. The van der Waals surface area contributed by atoms with Gasteiger partial charge in [0.2, 0.25) is 0 Å². The summed E-state index contributed by atoms with van der Waals surface area (Å²) < 4.78 is 55.2. The number of likely N-dealkylation sites (tertiary alicyclic amines) is 3. The fourth-order valence-electron chi connectivity index (χ4n) is 4.31. The van der Waals surface area contributed by atoms with Gasteiger partial charge < -0.3 is 28.9 Å². The number of carbonyl (C=O) groups is 4. The Morgan fingerprint density at radius 1 is 0.600 bits per heavy atom. The lowest BCUT2D eigenvalue weighted by molar-refractivity contribution is -0.127. The molecular weight excluding hydrogens is 595 g/mol. The van der Waals surface area contributed by atoms with E-state index in [-0.39, 0.29) is 44.4 Å². The molecule has 0 aromatic carbocycles. The number of rotatable bonds is 0.